The molecule has 0 aliphatic heterocycles. The molecule has 0 unspecified atom stereocenters. The number of alkyl halides is 1. The predicted octanol–water partition coefficient (Wildman–Crippen LogP) is 4.25. The van der Waals surface area contributed by atoms with E-state index in [-0.39, 0.29) is 4.90 Å². The zero-order valence-corrected chi connectivity index (χ0v) is 14.5. The normalized spacial score (nSPS) is 11.4. The second-order valence-corrected chi connectivity index (χ2v) is 7.09. The van der Waals surface area contributed by atoms with Gasteiger partial charge in [-0.2, -0.15) is 0 Å². The van der Waals surface area contributed by atoms with E-state index < -0.39 is 10.0 Å². The molecule has 3 nitrogen and oxygen atoms in total. The maximum atomic E-state index is 12.5. The van der Waals surface area contributed by atoms with Crippen LogP contribution in [0.25, 0.3) is 0 Å². The van der Waals surface area contributed by atoms with Gasteiger partial charge in [0.05, 0.1) is 10.6 Å². The highest BCUT2D eigenvalue weighted by Crippen LogP contribution is 2.24. The van der Waals surface area contributed by atoms with E-state index in [1.54, 1.807) is 12.1 Å². The first kappa shape index (κ1) is 16.0. The van der Waals surface area contributed by atoms with Crippen LogP contribution in [0.3, 0.4) is 0 Å². The van der Waals surface area contributed by atoms with Crippen molar-refractivity contribution in [3.05, 3.63) is 59.2 Å². The lowest BCUT2D eigenvalue weighted by molar-refractivity contribution is 0.601. The molecule has 2 aromatic carbocycles. The quantitative estimate of drug-likeness (QED) is 0.802. The fraction of sp³-hybridized carbons (Fsp3) is 0.250. The van der Waals surface area contributed by atoms with Crippen LogP contribution in [0, 0.1) is 6.92 Å². The zero-order valence-electron chi connectivity index (χ0n) is 12.1. The van der Waals surface area contributed by atoms with Crippen LogP contribution in [-0.4, -0.2) is 8.42 Å². The smallest absolute Gasteiger partial charge is 0.261 e. The van der Waals surface area contributed by atoms with Gasteiger partial charge in [0, 0.05) is 5.33 Å². The Morgan fingerprint density at radius 3 is 2.33 bits per heavy atom. The van der Waals surface area contributed by atoms with Crippen LogP contribution in [0.15, 0.2) is 47.4 Å². The van der Waals surface area contributed by atoms with Gasteiger partial charge in [0.2, 0.25) is 0 Å². The van der Waals surface area contributed by atoms with Crippen LogP contribution >= 0.6 is 15.9 Å². The molecule has 0 radical (unpaired) electrons. The molecule has 0 atom stereocenters. The number of para-hydroxylation sites is 1. The largest absolute Gasteiger partial charge is 0.279 e. The molecule has 0 aliphatic carbocycles. The molecule has 5 heteroatoms. The maximum Gasteiger partial charge on any atom is 0.261 e. The standard InChI is InChI=1S/C16H18BrNO2S/c1-3-14-6-4-5-12(2)16(14)18-21(19,20)15-9-7-13(11-17)8-10-15/h4-10,18H,3,11H2,1-2H3. The number of hydrogen-bond donors (Lipinski definition) is 1. The third-order valence-electron chi connectivity index (χ3n) is 3.36. The summed E-state index contributed by atoms with van der Waals surface area (Å²) in [6.45, 7) is 3.92. The van der Waals surface area contributed by atoms with Crippen molar-refractivity contribution in [2.75, 3.05) is 4.72 Å². The maximum absolute atomic E-state index is 12.5. The summed E-state index contributed by atoms with van der Waals surface area (Å²) >= 11 is 3.35. The van der Waals surface area contributed by atoms with Gasteiger partial charge in [-0.15, -0.1) is 0 Å². The van der Waals surface area contributed by atoms with Crippen molar-refractivity contribution >= 4 is 31.6 Å². The summed E-state index contributed by atoms with van der Waals surface area (Å²) < 4.78 is 27.7. The number of benzene rings is 2. The number of rotatable bonds is 5. The minimum absolute atomic E-state index is 0.275. The van der Waals surface area contributed by atoms with Crippen LogP contribution in [-0.2, 0) is 21.8 Å². The second kappa shape index (κ2) is 6.62. The minimum atomic E-state index is -3.56. The highest BCUT2D eigenvalue weighted by atomic mass is 79.9. The molecule has 1 N–H and O–H groups in total. The Bertz CT molecular complexity index is 724. The van der Waals surface area contributed by atoms with E-state index in [1.807, 2.05) is 44.2 Å². The lowest BCUT2D eigenvalue weighted by Crippen LogP contribution is -2.15. The van der Waals surface area contributed by atoms with Crippen molar-refractivity contribution in [2.24, 2.45) is 0 Å². The van der Waals surface area contributed by atoms with Gasteiger partial charge in [-0.25, -0.2) is 8.42 Å². The van der Waals surface area contributed by atoms with Crippen molar-refractivity contribution in [2.45, 2.75) is 30.5 Å². The molecule has 0 aliphatic rings. The van der Waals surface area contributed by atoms with Crippen molar-refractivity contribution in [3.63, 3.8) is 0 Å². The Morgan fingerprint density at radius 2 is 1.76 bits per heavy atom. The molecule has 0 amide bonds. The predicted molar refractivity (Wildman–Crippen MR) is 90.4 cm³/mol. The summed E-state index contributed by atoms with van der Waals surface area (Å²) in [6, 6.07) is 12.7. The van der Waals surface area contributed by atoms with Gasteiger partial charge >= 0.3 is 0 Å². The first-order chi connectivity index (χ1) is 9.97. The summed E-state index contributed by atoms with van der Waals surface area (Å²) in [6.07, 6.45) is 0.780. The number of anilines is 1. The van der Waals surface area contributed by atoms with E-state index in [0.717, 1.165) is 23.1 Å². The van der Waals surface area contributed by atoms with Gasteiger partial charge in [-0.1, -0.05) is 53.2 Å². The molecular formula is C16H18BrNO2S. The van der Waals surface area contributed by atoms with E-state index in [9.17, 15) is 8.42 Å². The average Bonchev–Trinajstić information content (AvgIpc) is 2.49. The summed E-state index contributed by atoms with van der Waals surface area (Å²) in [5.74, 6) is 0. The second-order valence-electron chi connectivity index (χ2n) is 4.85. The lowest BCUT2D eigenvalue weighted by atomic mass is 10.1. The van der Waals surface area contributed by atoms with Gasteiger partial charge in [0.25, 0.3) is 10.0 Å². The molecule has 0 saturated heterocycles. The van der Waals surface area contributed by atoms with E-state index in [1.165, 1.54) is 0 Å². The highest BCUT2D eigenvalue weighted by molar-refractivity contribution is 9.08. The fourth-order valence-corrected chi connectivity index (χ4v) is 3.67. The van der Waals surface area contributed by atoms with E-state index in [4.69, 9.17) is 0 Å². The van der Waals surface area contributed by atoms with E-state index in [0.29, 0.717) is 11.0 Å². The molecule has 0 saturated carbocycles. The Balaban J connectivity index is 2.37. The Kier molecular flexibility index (Phi) is 5.06. The van der Waals surface area contributed by atoms with Crippen LogP contribution in [0.5, 0.6) is 0 Å². The first-order valence-electron chi connectivity index (χ1n) is 6.74. The van der Waals surface area contributed by atoms with Crippen molar-refractivity contribution < 1.29 is 8.42 Å². The summed E-state index contributed by atoms with van der Waals surface area (Å²) in [7, 11) is -3.56. The molecule has 0 bridgehead atoms. The number of aryl methyl sites for hydroxylation is 2. The number of sulfonamides is 1. The van der Waals surface area contributed by atoms with Gasteiger partial charge in [-0.3, -0.25) is 4.72 Å². The number of halogens is 1. The number of nitrogens with one attached hydrogen (secondary N) is 1. The van der Waals surface area contributed by atoms with Gasteiger partial charge in [-0.05, 0) is 42.2 Å². The molecule has 0 spiro atoms. The molecule has 2 rings (SSSR count). The summed E-state index contributed by atoms with van der Waals surface area (Å²) in [5.41, 5.74) is 3.65. The van der Waals surface area contributed by atoms with Crippen LogP contribution < -0.4 is 4.72 Å². The molecule has 21 heavy (non-hydrogen) atoms. The van der Waals surface area contributed by atoms with Gasteiger partial charge in [0.1, 0.15) is 0 Å². The van der Waals surface area contributed by atoms with Crippen molar-refractivity contribution in [3.8, 4) is 0 Å². The Hall–Kier alpha value is -1.33. The molecular weight excluding hydrogens is 350 g/mol. The molecule has 0 heterocycles. The molecule has 0 fully saturated rings. The summed E-state index contributed by atoms with van der Waals surface area (Å²) in [5, 5.41) is 0.707. The van der Waals surface area contributed by atoms with Crippen LogP contribution in [0.1, 0.15) is 23.6 Å². The SMILES string of the molecule is CCc1cccc(C)c1NS(=O)(=O)c1ccc(CBr)cc1. The average molecular weight is 368 g/mol. The number of hydrogen-bond acceptors (Lipinski definition) is 2. The first-order valence-corrected chi connectivity index (χ1v) is 9.34. The van der Waals surface area contributed by atoms with E-state index >= 15 is 0 Å². The van der Waals surface area contributed by atoms with Crippen molar-refractivity contribution in [1.29, 1.82) is 0 Å². The van der Waals surface area contributed by atoms with Gasteiger partial charge < -0.3 is 0 Å². The van der Waals surface area contributed by atoms with Crippen molar-refractivity contribution in [1.82, 2.24) is 0 Å². The minimum Gasteiger partial charge on any atom is -0.279 e. The summed E-state index contributed by atoms with van der Waals surface area (Å²) in [4.78, 5) is 0.275. The fourth-order valence-electron chi connectivity index (χ4n) is 2.12. The third-order valence-corrected chi connectivity index (χ3v) is 5.38. The Labute approximate surface area is 134 Å². The highest BCUT2D eigenvalue weighted by Gasteiger charge is 2.16. The topological polar surface area (TPSA) is 46.2 Å². The van der Waals surface area contributed by atoms with Crippen LogP contribution in [0.2, 0.25) is 0 Å². The van der Waals surface area contributed by atoms with Gasteiger partial charge in [0.15, 0.2) is 0 Å². The lowest BCUT2D eigenvalue weighted by Gasteiger charge is -2.14. The third kappa shape index (κ3) is 3.66. The van der Waals surface area contributed by atoms with E-state index in [2.05, 4.69) is 20.7 Å². The zero-order chi connectivity index (χ0) is 15.5. The Morgan fingerprint density at radius 1 is 1.10 bits per heavy atom. The molecule has 112 valence electrons. The van der Waals surface area contributed by atoms with Crippen LogP contribution in [0.4, 0.5) is 5.69 Å². The monoisotopic (exact) mass is 367 g/mol. The molecule has 2 aromatic rings. The molecule has 0 aromatic heterocycles.